The minimum atomic E-state index is -0.651. The maximum absolute atomic E-state index is 13.7. The van der Waals surface area contributed by atoms with E-state index >= 15 is 0 Å². The van der Waals surface area contributed by atoms with Crippen LogP contribution in [0.2, 0.25) is 0 Å². The number of rotatable bonds is 4. The lowest BCUT2D eigenvalue weighted by Crippen LogP contribution is -2.51. The largest absolute Gasteiger partial charge is 0.396 e. The van der Waals surface area contributed by atoms with E-state index in [1.54, 1.807) is 22.2 Å². The van der Waals surface area contributed by atoms with Crippen LogP contribution in [0.4, 0.5) is 5.13 Å². The summed E-state index contributed by atoms with van der Waals surface area (Å²) in [6.45, 7) is 0.0739. The van der Waals surface area contributed by atoms with E-state index in [1.165, 1.54) is 17.4 Å². The van der Waals surface area contributed by atoms with Crippen LogP contribution in [0.1, 0.15) is 43.8 Å². The van der Waals surface area contributed by atoms with Crippen molar-refractivity contribution in [3.8, 4) is 0 Å². The van der Waals surface area contributed by atoms with Crippen molar-refractivity contribution < 1.29 is 14.7 Å². The number of thiazole rings is 1. The zero-order valence-electron chi connectivity index (χ0n) is 17.1. The van der Waals surface area contributed by atoms with E-state index in [0.717, 1.165) is 32.1 Å². The molecule has 1 saturated carbocycles. The van der Waals surface area contributed by atoms with Gasteiger partial charge < -0.3 is 19.9 Å². The minimum Gasteiger partial charge on any atom is -0.396 e. The highest BCUT2D eigenvalue weighted by Crippen LogP contribution is 2.49. The molecular formula is C22H26N4O4S. The number of aromatic nitrogens is 2. The van der Waals surface area contributed by atoms with Crippen LogP contribution in [0.25, 0.3) is 0 Å². The van der Waals surface area contributed by atoms with Gasteiger partial charge in [-0.2, -0.15) is 0 Å². The van der Waals surface area contributed by atoms with E-state index < -0.39 is 17.9 Å². The lowest BCUT2D eigenvalue weighted by Gasteiger charge is -2.40. The Hall–Kier alpha value is -2.52. The summed E-state index contributed by atoms with van der Waals surface area (Å²) in [5.41, 5.74) is 0.526. The van der Waals surface area contributed by atoms with Gasteiger partial charge in [0.1, 0.15) is 0 Å². The van der Waals surface area contributed by atoms with Gasteiger partial charge in [0.25, 0.3) is 5.56 Å². The SMILES string of the molecule is O=C(Nc1nccs1)[C@H]1[C@H](CO)[C@H]2Cn3c(cccc3=O)[C@@H]1N2C(=O)C1CCCCC1. The maximum atomic E-state index is 13.7. The van der Waals surface area contributed by atoms with Gasteiger partial charge in [-0.1, -0.05) is 25.3 Å². The number of pyridine rings is 1. The second-order valence-electron chi connectivity index (χ2n) is 8.69. The van der Waals surface area contributed by atoms with Crippen molar-refractivity contribution in [1.82, 2.24) is 14.5 Å². The number of nitrogens with one attached hydrogen (secondary N) is 1. The lowest BCUT2D eigenvalue weighted by molar-refractivity contribution is -0.142. The molecule has 3 aliphatic rings. The molecule has 2 aromatic rings. The molecule has 0 radical (unpaired) electrons. The van der Waals surface area contributed by atoms with Crippen LogP contribution in [-0.2, 0) is 16.1 Å². The van der Waals surface area contributed by atoms with Crippen molar-refractivity contribution in [3.05, 3.63) is 45.8 Å². The second-order valence-corrected chi connectivity index (χ2v) is 9.59. The summed E-state index contributed by atoms with van der Waals surface area (Å²) in [7, 11) is 0. The molecule has 2 fully saturated rings. The van der Waals surface area contributed by atoms with Crippen LogP contribution in [0.3, 0.4) is 0 Å². The monoisotopic (exact) mass is 442 g/mol. The first-order valence-electron chi connectivity index (χ1n) is 10.9. The highest BCUT2D eigenvalue weighted by molar-refractivity contribution is 7.13. The first kappa shape index (κ1) is 20.4. The van der Waals surface area contributed by atoms with Crippen molar-refractivity contribution >= 4 is 28.3 Å². The van der Waals surface area contributed by atoms with Gasteiger partial charge in [0.05, 0.1) is 18.0 Å². The first-order chi connectivity index (χ1) is 15.1. The van der Waals surface area contributed by atoms with Gasteiger partial charge in [0.15, 0.2) is 5.13 Å². The third-order valence-electron chi connectivity index (χ3n) is 7.09. The molecule has 1 saturated heterocycles. The Bertz CT molecular complexity index is 1030. The maximum Gasteiger partial charge on any atom is 0.250 e. The number of amides is 2. The van der Waals surface area contributed by atoms with E-state index in [4.69, 9.17) is 0 Å². The number of carbonyl (C=O) groups excluding carboxylic acids is 2. The number of aliphatic hydroxyl groups is 1. The highest BCUT2D eigenvalue weighted by atomic mass is 32.1. The fourth-order valence-corrected chi connectivity index (χ4v) is 6.23. The molecule has 2 aromatic heterocycles. The number of hydrogen-bond acceptors (Lipinski definition) is 6. The predicted octanol–water partition coefficient (Wildman–Crippen LogP) is 2.01. The van der Waals surface area contributed by atoms with Gasteiger partial charge in [-0.15, -0.1) is 11.3 Å². The van der Waals surface area contributed by atoms with Crippen molar-refractivity contribution in [1.29, 1.82) is 0 Å². The molecule has 0 aromatic carbocycles. The Balaban J connectivity index is 1.57. The van der Waals surface area contributed by atoms with E-state index in [0.29, 0.717) is 17.4 Å². The normalized spacial score (nSPS) is 27.7. The molecule has 0 spiro atoms. The molecule has 8 nitrogen and oxygen atoms in total. The van der Waals surface area contributed by atoms with Gasteiger partial charge in [0, 0.05) is 48.3 Å². The van der Waals surface area contributed by atoms with E-state index in [2.05, 4.69) is 10.3 Å². The summed E-state index contributed by atoms with van der Waals surface area (Å²) < 4.78 is 1.67. The summed E-state index contributed by atoms with van der Waals surface area (Å²) in [5, 5.41) is 15.4. The molecule has 2 aliphatic heterocycles. The van der Waals surface area contributed by atoms with E-state index in [9.17, 15) is 19.5 Å². The Morgan fingerprint density at radius 3 is 2.74 bits per heavy atom. The fraction of sp³-hybridized carbons (Fsp3) is 0.545. The second kappa shape index (κ2) is 8.20. The van der Waals surface area contributed by atoms with Crippen LogP contribution >= 0.6 is 11.3 Å². The van der Waals surface area contributed by atoms with Crippen molar-refractivity contribution in [2.75, 3.05) is 11.9 Å². The first-order valence-corrected chi connectivity index (χ1v) is 11.8. The molecule has 4 atom stereocenters. The molecule has 4 heterocycles. The van der Waals surface area contributed by atoms with Crippen LogP contribution in [0, 0.1) is 17.8 Å². The number of carbonyl (C=O) groups is 2. The Morgan fingerprint density at radius 1 is 1.23 bits per heavy atom. The fourth-order valence-electron chi connectivity index (χ4n) is 5.69. The number of nitrogens with zero attached hydrogens (tertiary/aromatic N) is 3. The van der Waals surface area contributed by atoms with Crippen LogP contribution < -0.4 is 10.9 Å². The molecule has 1 aliphatic carbocycles. The van der Waals surface area contributed by atoms with Crippen molar-refractivity contribution in [3.63, 3.8) is 0 Å². The number of hydrogen-bond donors (Lipinski definition) is 2. The van der Waals surface area contributed by atoms with Gasteiger partial charge >= 0.3 is 0 Å². The third-order valence-corrected chi connectivity index (χ3v) is 7.78. The van der Waals surface area contributed by atoms with E-state index in [-0.39, 0.29) is 35.9 Å². The standard InChI is InChI=1S/C22H26N4O4S/c27-12-14-16-11-25-15(7-4-8-17(25)28)19(18(14)20(29)24-22-23-9-10-31-22)26(16)21(30)13-5-2-1-3-6-13/h4,7-10,13-14,16,18-19,27H,1-3,5-6,11-12H2,(H,23,24,29)/t14-,16-,18+,19+/m1/s1. The molecule has 164 valence electrons. The molecule has 5 rings (SSSR count). The molecule has 9 heteroatoms. The zero-order chi connectivity index (χ0) is 21.5. The van der Waals surface area contributed by atoms with Gasteiger partial charge in [-0.05, 0) is 18.9 Å². The predicted molar refractivity (Wildman–Crippen MR) is 115 cm³/mol. The highest BCUT2D eigenvalue weighted by Gasteiger charge is 2.58. The molecule has 2 amide bonds. The smallest absolute Gasteiger partial charge is 0.250 e. The third kappa shape index (κ3) is 3.40. The Labute approximate surface area is 183 Å². The van der Waals surface area contributed by atoms with Crippen LogP contribution in [0.5, 0.6) is 0 Å². The summed E-state index contributed by atoms with van der Waals surface area (Å²) in [4.78, 5) is 45.6. The van der Waals surface area contributed by atoms with Gasteiger partial charge in [-0.25, -0.2) is 4.98 Å². The molecule has 2 bridgehead atoms. The van der Waals surface area contributed by atoms with Gasteiger partial charge in [-0.3, -0.25) is 14.4 Å². The van der Waals surface area contributed by atoms with Gasteiger partial charge in [0.2, 0.25) is 11.8 Å². The zero-order valence-corrected chi connectivity index (χ0v) is 18.0. The summed E-state index contributed by atoms with van der Waals surface area (Å²) >= 11 is 1.32. The number of anilines is 1. The van der Waals surface area contributed by atoms with Crippen LogP contribution in [-0.4, -0.2) is 44.0 Å². The van der Waals surface area contributed by atoms with E-state index in [1.807, 2.05) is 11.0 Å². The average Bonchev–Trinajstić information content (AvgIpc) is 3.37. The molecule has 0 unspecified atom stereocenters. The van der Waals surface area contributed by atoms with Crippen molar-refractivity contribution in [2.45, 2.75) is 50.7 Å². The molecule has 31 heavy (non-hydrogen) atoms. The Kier molecular flexibility index (Phi) is 5.39. The Morgan fingerprint density at radius 2 is 2.03 bits per heavy atom. The summed E-state index contributed by atoms with van der Waals surface area (Å²) in [6.07, 6.45) is 6.55. The number of aliphatic hydroxyl groups excluding tert-OH is 1. The average molecular weight is 443 g/mol. The quantitative estimate of drug-likeness (QED) is 0.754. The summed E-state index contributed by atoms with van der Waals surface area (Å²) in [6, 6.07) is 4.05. The minimum absolute atomic E-state index is 0.0548. The van der Waals surface area contributed by atoms with Crippen molar-refractivity contribution in [2.24, 2.45) is 17.8 Å². The molecular weight excluding hydrogens is 416 g/mol. The number of fused-ring (bicyclic) bond motifs is 4. The molecule has 2 N–H and O–H groups in total. The van der Waals surface area contributed by atoms with Crippen LogP contribution in [0.15, 0.2) is 34.6 Å². The summed E-state index contributed by atoms with van der Waals surface area (Å²) in [5.74, 6) is -1.37. The lowest BCUT2D eigenvalue weighted by atomic mass is 9.86. The topological polar surface area (TPSA) is 105 Å².